The minimum atomic E-state index is -2.95. The van der Waals surface area contributed by atoms with Gasteiger partial charge in [-0.05, 0) is 68.9 Å². The molecular weight excluding hydrogens is 459 g/mol. The van der Waals surface area contributed by atoms with Crippen molar-refractivity contribution in [3.8, 4) is 5.75 Å². The molecule has 2 aromatic rings. The average molecular weight is 468 g/mol. The Bertz CT molecular complexity index is 667. The van der Waals surface area contributed by atoms with Gasteiger partial charge in [0.05, 0.1) is 11.3 Å². The predicted octanol–water partition coefficient (Wildman–Crippen LogP) is 4.91. The molecule has 0 aliphatic heterocycles. The van der Waals surface area contributed by atoms with Crippen LogP contribution in [0.25, 0.3) is 0 Å². The van der Waals surface area contributed by atoms with Gasteiger partial charge in [-0.2, -0.15) is 8.78 Å². The second kappa shape index (κ2) is 7.17. The summed E-state index contributed by atoms with van der Waals surface area (Å²) in [5.74, 6) is -0.492. The zero-order valence-electron chi connectivity index (χ0n) is 10.4. The van der Waals surface area contributed by atoms with E-state index in [-0.39, 0.29) is 11.4 Å². The smallest absolute Gasteiger partial charge is 0.387 e. The Morgan fingerprint density at radius 3 is 2.67 bits per heavy atom. The topological polar surface area (TPSA) is 38.3 Å². The fourth-order valence-electron chi connectivity index (χ4n) is 1.63. The summed E-state index contributed by atoms with van der Waals surface area (Å²) in [5.41, 5.74) is 0.599. The van der Waals surface area contributed by atoms with Crippen LogP contribution in [0.4, 0.5) is 14.5 Å². The summed E-state index contributed by atoms with van der Waals surface area (Å²) in [6.45, 7) is -2.95. The first-order valence-corrected chi connectivity index (χ1v) is 7.65. The van der Waals surface area contributed by atoms with E-state index in [1.165, 1.54) is 12.1 Å². The quantitative estimate of drug-likeness (QED) is 0.649. The van der Waals surface area contributed by atoms with E-state index in [1.807, 2.05) is 6.07 Å². The number of para-hydroxylation sites is 2. The van der Waals surface area contributed by atoms with E-state index < -0.39 is 12.5 Å². The van der Waals surface area contributed by atoms with E-state index in [4.69, 9.17) is 0 Å². The van der Waals surface area contributed by atoms with E-state index >= 15 is 0 Å². The number of hydrogen-bond donors (Lipinski definition) is 1. The van der Waals surface area contributed by atoms with Crippen LogP contribution in [0.3, 0.4) is 0 Å². The van der Waals surface area contributed by atoms with E-state index in [1.54, 1.807) is 24.3 Å². The number of anilines is 1. The highest BCUT2D eigenvalue weighted by molar-refractivity contribution is 14.1. The summed E-state index contributed by atoms with van der Waals surface area (Å²) in [5, 5.41) is 2.57. The molecule has 0 aromatic heterocycles. The first-order valence-electron chi connectivity index (χ1n) is 5.77. The molecule has 2 aromatic carbocycles. The standard InChI is InChI=1S/C14H9BrF2INO2/c15-10-6-5-8(18)7-9(10)13(20)19-11-3-1-2-4-12(11)21-14(16)17/h1-7,14H,(H,19,20). The monoisotopic (exact) mass is 467 g/mol. The highest BCUT2D eigenvalue weighted by Gasteiger charge is 2.14. The number of rotatable bonds is 4. The molecule has 0 heterocycles. The first-order chi connectivity index (χ1) is 9.97. The SMILES string of the molecule is O=C(Nc1ccccc1OC(F)F)c1cc(I)ccc1Br. The third-order valence-electron chi connectivity index (χ3n) is 2.52. The van der Waals surface area contributed by atoms with Crippen molar-refractivity contribution in [1.29, 1.82) is 0 Å². The van der Waals surface area contributed by atoms with Crippen LogP contribution >= 0.6 is 38.5 Å². The van der Waals surface area contributed by atoms with Gasteiger partial charge >= 0.3 is 6.61 Å². The number of nitrogens with one attached hydrogen (secondary N) is 1. The number of hydrogen-bond acceptors (Lipinski definition) is 2. The Morgan fingerprint density at radius 2 is 1.95 bits per heavy atom. The van der Waals surface area contributed by atoms with Crippen molar-refractivity contribution in [2.75, 3.05) is 5.32 Å². The van der Waals surface area contributed by atoms with Crippen molar-refractivity contribution in [2.24, 2.45) is 0 Å². The van der Waals surface area contributed by atoms with Crippen LogP contribution in [-0.4, -0.2) is 12.5 Å². The molecule has 1 amide bonds. The zero-order valence-corrected chi connectivity index (χ0v) is 14.2. The molecular formula is C14H9BrF2INO2. The van der Waals surface area contributed by atoms with Gasteiger partial charge in [0.25, 0.3) is 5.91 Å². The number of benzene rings is 2. The van der Waals surface area contributed by atoms with Crippen molar-refractivity contribution in [2.45, 2.75) is 6.61 Å². The molecule has 0 fully saturated rings. The van der Waals surface area contributed by atoms with Crippen LogP contribution in [0.5, 0.6) is 5.75 Å². The van der Waals surface area contributed by atoms with Crippen molar-refractivity contribution in [3.63, 3.8) is 0 Å². The minimum absolute atomic E-state index is 0.0809. The van der Waals surface area contributed by atoms with E-state index in [0.717, 1.165) is 3.57 Å². The Morgan fingerprint density at radius 1 is 1.24 bits per heavy atom. The van der Waals surface area contributed by atoms with Gasteiger partial charge in [-0.3, -0.25) is 4.79 Å². The number of carbonyl (C=O) groups is 1. The molecule has 0 aliphatic carbocycles. The molecule has 110 valence electrons. The van der Waals surface area contributed by atoms with Gasteiger partial charge in [0.2, 0.25) is 0 Å². The maximum atomic E-state index is 12.3. The maximum Gasteiger partial charge on any atom is 0.387 e. The van der Waals surface area contributed by atoms with Crippen LogP contribution in [0.15, 0.2) is 46.9 Å². The molecule has 0 saturated carbocycles. The van der Waals surface area contributed by atoms with Crippen molar-refractivity contribution < 1.29 is 18.3 Å². The second-order valence-corrected chi connectivity index (χ2v) is 6.05. The Balaban J connectivity index is 2.25. The molecule has 0 saturated heterocycles. The molecule has 7 heteroatoms. The van der Waals surface area contributed by atoms with Crippen LogP contribution in [0.1, 0.15) is 10.4 Å². The zero-order chi connectivity index (χ0) is 15.4. The lowest BCUT2D eigenvalue weighted by molar-refractivity contribution is -0.0493. The van der Waals surface area contributed by atoms with E-state index in [0.29, 0.717) is 10.0 Å². The number of ether oxygens (including phenoxy) is 1. The summed E-state index contributed by atoms with van der Waals surface area (Å²) in [6, 6.07) is 11.3. The number of carbonyl (C=O) groups excluding carboxylic acids is 1. The van der Waals surface area contributed by atoms with Crippen LogP contribution < -0.4 is 10.1 Å². The largest absolute Gasteiger partial charge is 0.433 e. The maximum absolute atomic E-state index is 12.3. The number of amides is 1. The molecule has 0 atom stereocenters. The Labute approximate surface area is 142 Å². The fourth-order valence-corrected chi connectivity index (χ4v) is 2.55. The van der Waals surface area contributed by atoms with E-state index in [2.05, 4.69) is 48.6 Å². The molecule has 21 heavy (non-hydrogen) atoms. The van der Waals surface area contributed by atoms with E-state index in [9.17, 15) is 13.6 Å². The van der Waals surface area contributed by atoms with Gasteiger partial charge in [0, 0.05) is 8.04 Å². The molecule has 0 aliphatic rings. The van der Waals surface area contributed by atoms with Gasteiger partial charge in [0.15, 0.2) is 0 Å². The highest BCUT2D eigenvalue weighted by atomic mass is 127. The number of alkyl halides is 2. The average Bonchev–Trinajstić information content (AvgIpc) is 2.43. The highest BCUT2D eigenvalue weighted by Crippen LogP contribution is 2.27. The number of halogens is 4. The minimum Gasteiger partial charge on any atom is -0.433 e. The molecule has 0 radical (unpaired) electrons. The normalized spacial score (nSPS) is 10.5. The van der Waals surface area contributed by atoms with Crippen molar-refractivity contribution in [3.05, 3.63) is 56.1 Å². The summed E-state index contributed by atoms with van der Waals surface area (Å²) < 4.78 is 30.5. The lowest BCUT2D eigenvalue weighted by Crippen LogP contribution is -2.14. The molecule has 0 unspecified atom stereocenters. The van der Waals surface area contributed by atoms with Crippen LogP contribution in [0, 0.1) is 3.57 Å². The molecule has 1 N–H and O–H groups in total. The fraction of sp³-hybridized carbons (Fsp3) is 0.0714. The van der Waals surface area contributed by atoms with Crippen molar-refractivity contribution >= 4 is 50.1 Å². The van der Waals surface area contributed by atoms with Crippen LogP contribution in [-0.2, 0) is 0 Å². The first kappa shape index (κ1) is 16.2. The Kier molecular flexibility index (Phi) is 5.51. The predicted molar refractivity (Wildman–Crippen MR) is 87.9 cm³/mol. The molecule has 0 bridgehead atoms. The second-order valence-electron chi connectivity index (χ2n) is 3.95. The summed E-state index contributed by atoms with van der Waals surface area (Å²) >= 11 is 5.37. The van der Waals surface area contributed by atoms with Gasteiger partial charge in [-0.25, -0.2) is 0 Å². The summed E-state index contributed by atoms with van der Waals surface area (Å²) in [4.78, 5) is 12.2. The lowest BCUT2D eigenvalue weighted by atomic mass is 10.2. The van der Waals surface area contributed by atoms with Gasteiger partial charge < -0.3 is 10.1 Å². The summed E-state index contributed by atoms with van der Waals surface area (Å²) in [6.07, 6.45) is 0. The van der Waals surface area contributed by atoms with Gasteiger partial charge in [0.1, 0.15) is 5.75 Å². The van der Waals surface area contributed by atoms with Gasteiger partial charge in [-0.15, -0.1) is 0 Å². The van der Waals surface area contributed by atoms with Crippen LogP contribution in [0.2, 0.25) is 0 Å². The molecule has 3 nitrogen and oxygen atoms in total. The molecule has 2 rings (SSSR count). The lowest BCUT2D eigenvalue weighted by Gasteiger charge is -2.12. The third kappa shape index (κ3) is 4.37. The summed E-state index contributed by atoms with van der Waals surface area (Å²) in [7, 11) is 0. The third-order valence-corrected chi connectivity index (χ3v) is 3.89. The Hall–Kier alpha value is -1.22. The van der Waals surface area contributed by atoms with Gasteiger partial charge in [-0.1, -0.05) is 12.1 Å². The molecule has 0 spiro atoms. The van der Waals surface area contributed by atoms with Crippen molar-refractivity contribution in [1.82, 2.24) is 0 Å².